The maximum atomic E-state index is 12.6. The molecule has 0 saturated carbocycles. The number of pyridine rings is 1. The predicted octanol–water partition coefficient (Wildman–Crippen LogP) is 5.45. The number of hydrogen-bond acceptors (Lipinski definition) is 6. The van der Waals surface area contributed by atoms with Gasteiger partial charge in [0, 0.05) is 24.6 Å². The Bertz CT molecular complexity index is 1080. The fourth-order valence-corrected chi connectivity index (χ4v) is 5.20. The lowest BCUT2D eigenvalue weighted by Crippen LogP contribution is -2.47. The van der Waals surface area contributed by atoms with Gasteiger partial charge in [-0.05, 0) is 55.2 Å². The van der Waals surface area contributed by atoms with Gasteiger partial charge in [0.25, 0.3) is 0 Å². The molecule has 0 unspecified atom stereocenters. The van der Waals surface area contributed by atoms with Crippen LogP contribution in [0.1, 0.15) is 33.6 Å². The van der Waals surface area contributed by atoms with Gasteiger partial charge in [0.05, 0.1) is 17.4 Å². The molecule has 0 radical (unpaired) electrons. The van der Waals surface area contributed by atoms with Crippen molar-refractivity contribution in [3.8, 4) is 5.75 Å². The molecule has 1 aromatic carbocycles. The molecule has 0 spiro atoms. The molecule has 0 atom stereocenters. The van der Waals surface area contributed by atoms with E-state index < -0.39 is 29.7 Å². The third-order valence-electron chi connectivity index (χ3n) is 6.20. The van der Waals surface area contributed by atoms with E-state index >= 15 is 0 Å². The van der Waals surface area contributed by atoms with E-state index in [0.29, 0.717) is 10.9 Å². The largest absolute Gasteiger partial charge is 0.534 e. The maximum absolute atomic E-state index is 12.6. The number of piperidine rings is 1. The summed E-state index contributed by atoms with van der Waals surface area (Å²) in [6, 6.07) is 5.62. The van der Waals surface area contributed by atoms with Gasteiger partial charge in [0.2, 0.25) is 0 Å². The van der Waals surface area contributed by atoms with Crippen LogP contribution >= 0.6 is 0 Å². The molecule has 0 amide bonds. The minimum Gasteiger partial charge on any atom is -0.414 e. The summed E-state index contributed by atoms with van der Waals surface area (Å²) in [4.78, 5) is 6.51. The van der Waals surface area contributed by atoms with Crippen LogP contribution in [0, 0.1) is 0 Å². The SMILES string of the molecule is CC(C)(C)[Si](C)(C)OC1CCN(c2cnc3ccc(OS(=O)(=O)C(F)(F)F)cc3c2)CC1. The molecule has 2 heterocycles. The van der Waals surface area contributed by atoms with Crippen molar-refractivity contribution in [1.29, 1.82) is 0 Å². The van der Waals surface area contributed by atoms with Crippen molar-refractivity contribution in [2.24, 2.45) is 0 Å². The molecule has 0 N–H and O–H groups in total. The van der Waals surface area contributed by atoms with Gasteiger partial charge in [-0.1, -0.05) is 20.8 Å². The normalized spacial score (nSPS) is 17.1. The number of fused-ring (bicyclic) bond motifs is 1. The zero-order valence-corrected chi connectivity index (χ0v) is 20.7. The zero-order chi connectivity index (χ0) is 23.9. The lowest BCUT2D eigenvalue weighted by Gasteiger charge is -2.42. The number of alkyl halides is 3. The summed E-state index contributed by atoms with van der Waals surface area (Å²) in [7, 11) is -7.57. The van der Waals surface area contributed by atoms with Crippen molar-refractivity contribution < 1.29 is 30.2 Å². The third-order valence-corrected chi connectivity index (χ3v) is 11.7. The van der Waals surface area contributed by atoms with Gasteiger partial charge in [0.1, 0.15) is 5.75 Å². The molecule has 1 aromatic heterocycles. The Morgan fingerprint density at radius 1 is 1.09 bits per heavy atom. The smallest absolute Gasteiger partial charge is 0.414 e. The minimum atomic E-state index is -5.72. The molecule has 1 saturated heterocycles. The van der Waals surface area contributed by atoms with E-state index in [4.69, 9.17) is 4.43 Å². The summed E-state index contributed by atoms with van der Waals surface area (Å²) in [6.07, 6.45) is 3.66. The fourth-order valence-electron chi connectivity index (χ4n) is 3.32. The molecule has 0 bridgehead atoms. The van der Waals surface area contributed by atoms with Crippen molar-refractivity contribution in [1.82, 2.24) is 4.98 Å². The second kappa shape index (κ2) is 8.49. The van der Waals surface area contributed by atoms with E-state index in [1.54, 1.807) is 12.3 Å². The Labute approximate surface area is 188 Å². The summed E-state index contributed by atoms with van der Waals surface area (Å²) in [5, 5.41) is 0.642. The van der Waals surface area contributed by atoms with Crippen molar-refractivity contribution >= 4 is 35.0 Å². The van der Waals surface area contributed by atoms with Crippen LogP contribution in [0.3, 0.4) is 0 Å². The Morgan fingerprint density at radius 2 is 1.72 bits per heavy atom. The first kappa shape index (κ1) is 24.8. The number of hydrogen-bond donors (Lipinski definition) is 0. The van der Waals surface area contributed by atoms with E-state index in [1.165, 1.54) is 12.1 Å². The van der Waals surface area contributed by atoms with Crippen molar-refractivity contribution in [3.05, 3.63) is 30.5 Å². The van der Waals surface area contributed by atoms with Crippen LogP contribution < -0.4 is 9.08 Å². The maximum Gasteiger partial charge on any atom is 0.534 e. The van der Waals surface area contributed by atoms with Crippen molar-refractivity contribution in [2.75, 3.05) is 18.0 Å². The summed E-state index contributed by atoms with van der Waals surface area (Å²) in [5.74, 6) is -0.407. The van der Waals surface area contributed by atoms with Gasteiger partial charge in [-0.3, -0.25) is 4.98 Å². The molecule has 2 aromatic rings. The van der Waals surface area contributed by atoms with Crippen LogP contribution in [0.25, 0.3) is 10.9 Å². The summed E-state index contributed by atoms with van der Waals surface area (Å²) >= 11 is 0. The van der Waals surface area contributed by atoms with Gasteiger partial charge in [-0.2, -0.15) is 21.6 Å². The Balaban J connectivity index is 1.72. The second-order valence-electron chi connectivity index (χ2n) is 9.60. The monoisotopic (exact) mass is 490 g/mol. The van der Waals surface area contributed by atoms with E-state index in [0.717, 1.165) is 37.7 Å². The topological polar surface area (TPSA) is 68.7 Å². The first-order chi connectivity index (χ1) is 14.6. The van der Waals surface area contributed by atoms with Gasteiger partial charge in [0.15, 0.2) is 8.32 Å². The summed E-state index contributed by atoms with van der Waals surface area (Å²) in [6.45, 7) is 12.7. The quantitative estimate of drug-likeness (QED) is 0.315. The fraction of sp³-hybridized carbons (Fsp3) is 0.571. The average molecular weight is 491 g/mol. The van der Waals surface area contributed by atoms with Crippen LogP contribution in [0.15, 0.2) is 30.5 Å². The highest BCUT2D eigenvalue weighted by atomic mass is 32.2. The number of nitrogens with zero attached hydrogens (tertiary/aromatic N) is 2. The molecule has 11 heteroatoms. The molecule has 6 nitrogen and oxygen atoms in total. The van der Waals surface area contributed by atoms with E-state index in [9.17, 15) is 21.6 Å². The van der Waals surface area contributed by atoms with Crippen LogP contribution in [-0.2, 0) is 14.5 Å². The van der Waals surface area contributed by atoms with Gasteiger partial charge < -0.3 is 13.5 Å². The number of anilines is 1. The average Bonchev–Trinajstić information content (AvgIpc) is 2.65. The van der Waals surface area contributed by atoms with E-state index in [2.05, 4.69) is 47.9 Å². The first-order valence-corrected chi connectivity index (χ1v) is 14.7. The highest BCUT2D eigenvalue weighted by Gasteiger charge is 2.48. The van der Waals surface area contributed by atoms with E-state index in [1.807, 2.05) is 0 Å². The number of benzene rings is 1. The lowest BCUT2D eigenvalue weighted by molar-refractivity contribution is -0.0500. The standard InChI is InChI=1S/C21H29F3N2O4SSi/c1-20(2,3)32(4,5)30-17-8-10-26(11-9-17)16-12-15-13-18(6-7-19(15)25-14-16)29-31(27,28)21(22,23)24/h6-7,12-14,17H,8-11H2,1-5H3. The summed E-state index contributed by atoms with van der Waals surface area (Å²) < 4.78 is 71.1. The van der Waals surface area contributed by atoms with Crippen LogP contribution in [-0.4, -0.2) is 46.4 Å². The van der Waals surface area contributed by atoms with E-state index in [-0.39, 0.29) is 11.1 Å². The predicted molar refractivity (Wildman–Crippen MR) is 121 cm³/mol. The third kappa shape index (κ3) is 5.37. The molecule has 178 valence electrons. The molecule has 1 aliphatic heterocycles. The molecular weight excluding hydrogens is 461 g/mol. The van der Waals surface area contributed by atoms with Crippen LogP contribution in [0.2, 0.25) is 18.1 Å². The molecule has 1 aliphatic rings. The number of aromatic nitrogens is 1. The molecular formula is C21H29F3N2O4SSi. The minimum absolute atomic E-state index is 0.145. The lowest BCUT2D eigenvalue weighted by atomic mass is 10.1. The summed E-state index contributed by atoms with van der Waals surface area (Å²) in [5.41, 5.74) is -4.14. The molecule has 32 heavy (non-hydrogen) atoms. The van der Waals surface area contributed by atoms with Gasteiger partial charge >= 0.3 is 15.6 Å². The van der Waals surface area contributed by atoms with Gasteiger partial charge in [-0.25, -0.2) is 0 Å². The highest BCUT2D eigenvalue weighted by Crippen LogP contribution is 2.38. The Hall–Kier alpha value is -1.85. The highest BCUT2D eigenvalue weighted by molar-refractivity contribution is 7.88. The second-order valence-corrected chi connectivity index (χ2v) is 15.9. The Kier molecular flexibility index (Phi) is 6.58. The van der Waals surface area contributed by atoms with Gasteiger partial charge in [-0.15, -0.1) is 0 Å². The first-order valence-electron chi connectivity index (χ1n) is 10.4. The molecule has 1 fully saturated rings. The molecule has 3 rings (SSSR count). The van der Waals surface area contributed by atoms with Crippen molar-refractivity contribution in [2.45, 2.75) is 63.4 Å². The molecule has 0 aliphatic carbocycles. The van der Waals surface area contributed by atoms with Crippen LogP contribution in [0.5, 0.6) is 5.75 Å². The van der Waals surface area contributed by atoms with Crippen molar-refractivity contribution in [3.63, 3.8) is 0 Å². The number of rotatable bonds is 5. The zero-order valence-electron chi connectivity index (χ0n) is 18.9. The number of halogens is 3. The van der Waals surface area contributed by atoms with Crippen LogP contribution in [0.4, 0.5) is 18.9 Å². The Morgan fingerprint density at radius 3 is 2.28 bits per heavy atom.